The first-order valence-electron chi connectivity index (χ1n) is 10.1. The number of nitrogens with zero attached hydrogens (tertiary/aromatic N) is 3. The monoisotopic (exact) mass is 415 g/mol. The molecule has 3 aromatic rings. The maximum atomic E-state index is 13.6. The first-order valence-corrected chi connectivity index (χ1v) is 11.3. The van der Waals surface area contributed by atoms with E-state index in [1.807, 2.05) is 28.8 Å². The Kier molecular flexibility index (Phi) is 5.85. The van der Waals surface area contributed by atoms with E-state index < -0.39 is 0 Å². The zero-order chi connectivity index (χ0) is 19.7. The number of aryl methyl sites for hydroxylation is 2. The largest absolute Gasteiger partial charge is 0.297 e. The summed E-state index contributed by atoms with van der Waals surface area (Å²) in [6.45, 7) is 7.38. The molecule has 4 rings (SSSR count). The van der Waals surface area contributed by atoms with Gasteiger partial charge in [-0.25, -0.2) is 4.98 Å². The highest BCUT2D eigenvalue weighted by molar-refractivity contribution is 7.18. The van der Waals surface area contributed by atoms with Gasteiger partial charge in [-0.1, -0.05) is 37.6 Å². The molecule has 0 saturated heterocycles. The van der Waals surface area contributed by atoms with Crippen LogP contribution in [0.2, 0.25) is 5.02 Å². The van der Waals surface area contributed by atoms with Crippen molar-refractivity contribution in [3.05, 3.63) is 61.5 Å². The van der Waals surface area contributed by atoms with Crippen LogP contribution in [-0.4, -0.2) is 27.5 Å². The van der Waals surface area contributed by atoms with E-state index in [1.165, 1.54) is 16.9 Å². The lowest BCUT2D eigenvalue weighted by Crippen LogP contribution is -2.31. The highest BCUT2D eigenvalue weighted by atomic mass is 35.5. The molecule has 28 heavy (non-hydrogen) atoms. The van der Waals surface area contributed by atoms with Gasteiger partial charge in [-0.15, -0.1) is 11.3 Å². The van der Waals surface area contributed by atoms with Gasteiger partial charge in [0.25, 0.3) is 5.56 Å². The van der Waals surface area contributed by atoms with Crippen molar-refractivity contribution >= 4 is 33.2 Å². The van der Waals surface area contributed by atoms with Crippen LogP contribution in [0.25, 0.3) is 10.2 Å². The van der Waals surface area contributed by atoms with E-state index in [9.17, 15) is 4.79 Å². The Bertz CT molecular complexity index is 1030. The van der Waals surface area contributed by atoms with Crippen LogP contribution in [0.15, 0.2) is 29.1 Å². The molecule has 0 spiro atoms. The Balaban J connectivity index is 1.86. The van der Waals surface area contributed by atoms with Crippen molar-refractivity contribution in [1.82, 2.24) is 14.5 Å². The molecule has 0 atom stereocenters. The van der Waals surface area contributed by atoms with Crippen molar-refractivity contribution < 1.29 is 0 Å². The van der Waals surface area contributed by atoms with E-state index in [-0.39, 0.29) is 5.56 Å². The molecule has 0 fully saturated rings. The van der Waals surface area contributed by atoms with E-state index in [1.54, 1.807) is 11.3 Å². The summed E-state index contributed by atoms with van der Waals surface area (Å²) >= 11 is 7.77. The fourth-order valence-electron chi connectivity index (χ4n) is 3.98. The third kappa shape index (κ3) is 3.76. The lowest BCUT2D eigenvalue weighted by Gasteiger charge is -2.20. The summed E-state index contributed by atoms with van der Waals surface area (Å²) in [4.78, 5) is 23.2. The molecule has 1 aliphatic rings. The quantitative estimate of drug-likeness (QED) is 0.575. The summed E-state index contributed by atoms with van der Waals surface area (Å²) in [5.74, 6) is 0.856. The van der Waals surface area contributed by atoms with Gasteiger partial charge in [-0.05, 0) is 62.0 Å². The maximum absolute atomic E-state index is 13.6. The minimum atomic E-state index is 0.113. The van der Waals surface area contributed by atoms with E-state index in [0.717, 1.165) is 54.0 Å². The predicted molar refractivity (Wildman–Crippen MR) is 118 cm³/mol. The van der Waals surface area contributed by atoms with Gasteiger partial charge >= 0.3 is 0 Å². The Morgan fingerprint density at radius 1 is 1.14 bits per heavy atom. The second-order valence-electron chi connectivity index (χ2n) is 7.40. The van der Waals surface area contributed by atoms with Crippen molar-refractivity contribution in [2.75, 3.05) is 13.1 Å². The molecule has 6 heteroatoms. The number of rotatable bonds is 6. The van der Waals surface area contributed by atoms with Gasteiger partial charge in [0.1, 0.15) is 10.7 Å². The van der Waals surface area contributed by atoms with Gasteiger partial charge < -0.3 is 0 Å². The minimum absolute atomic E-state index is 0.113. The Labute approximate surface area is 174 Å². The summed E-state index contributed by atoms with van der Waals surface area (Å²) in [6.07, 6.45) is 4.46. The Morgan fingerprint density at radius 2 is 1.86 bits per heavy atom. The van der Waals surface area contributed by atoms with Crippen LogP contribution >= 0.6 is 22.9 Å². The summed E-state index contributed by atoms with van der Waals surface area (Å²) < 4.78 is 1.88. The first kappa shape index (κ1) is 19.6. The smallest absolute Gasteiger partial charge is 0.262 e. The first-order chi connectivity index (χ1) is 13.6. The molecule has 0 bridgehead atoms. The fourth-order valence-corrected chi connectivity index (χ4v) is 5.38. The average molecular weight is 416 g/mol. The number of halogens is 1. The van der Waals surface area contributed by atoms with Gasteiger partial charge in [-0.2, -0.15) is 0 Å². The van der Waals surface area contributed by atoms with Crippen molar-refractivity contribution in [3.8, 4) is 0 Å². The Hall–Kier alpha value is -1.69. The van der Waals surface area contributed by atoms with E-state index >= 15 is 0 Å². The highest BCUT2D eigenvalue weighted by Crippen LogP contribution is 2.34. The Morgan fingerprint density at radius 3 is 2.57 bits per heavy atom. The summed E-state index contributed by atoms with van der Waals surface area (Å²) in [7, 11) is 0. The number of thiophene rings is 1. The predicted octanol–water partition coefficient (Wildman–Crippen LogP) is 4.88. The van der Waals surface area contributed by atoms with Crippen LogP contribution in [-0.2, 0) is 25.9 Å². The second kappa shape index (κ2) is 8.36. The van der Waals surface area contributed by atoms with Crippen LogP contribution in [0, 0.1) is 0 Å². The molecule has 4 nitrogen and oxygen atoms in total. The van der Waals surface area contributed by atoms with Crippen LogP contribution in [0.1, 0.15) is 48.5 Å². The van der Waals surface area contributed by atoms with Gasteiger partial charge in [0.2, 0.25) is 0 Å². The van der Waals surface area contributed by atoms with Crippen molar-refractivity contribution in [3.63, 3.8) is 0 Å². The number of aromatic nitrogens is 2. The van der Waals surface area contributed by atoms with E-state index in [0.29, 0.717) is 18.1 Å². The molecule has 0 saturated carbocycles. The summed E-state index contributed by atoms with van der Waals surface area (Å²) in [5, 5.41) is 1.57. The molecule has 0 radical (unpaired) electrons. The van der Waals surface area contributed by atoms with E-state index in [4.69, 9.17) is 16.6 Å². The number of hydrogen-bond donors (Lipinski definition) is 0. The third-order valence-corrected chi connectivity index (χ3v) is 7.10. The zero-order valence-corrected chi connectivity index (χ0v) is 18.1. The van der Waals surface area contributed by atoms with Gasteiger partial charge in [-0.3, -0.25) is 14.3 Å². The minimum Gasteiger partial charge on any atom is -0.297 e. The molecule has 0 aliphatic heterocycles. The summed E-state index contributed by atoms with van der Waals surface area (Å²) in [6, 6.07) is 7.74. The molecule has 148 valence electrons. The van der Waals surface area contributed by atoms with Crippen LogP contribution in [0.3, 0.4) is 0 Å². The topological polar surface area (TPSA) is 38.1 Å². The SMILES string of the molecule is CCN(CC)Cc1nc2sc3c(c2c(=O)n1Cc1ccc(Cl)cc1)CCCC3. The van der Waals surface area contributed by atoms with Crippen molar-refractivity contribution in [1.29, 1.82) is 0 Å². The molecule has 1 aliphatic carbocycles. The lowest BCUT2D eigenvalue weighted by molar-refractivity contribution is 0.282. The molecular formula is C22H26ClN3OS. The maximum Gasteiger partial charge on any atom is 0.262 e. The third-order valence-electron chi connectivity index (χ3n) is 5.67. The normalized spacial score (nSPS) is 14.0. The van der Waals surface area contributed by atoms with E-state index in [2.05, 4.69) is 18.7 Å². The van der Waals surface area contributed by atoms with Gasteiger partial charge in [0.05, 0.1) is 18.5 Å². The second-order valence-corrected chi connectivity index (χ2v) is 8.92. The van der Waals surface area contributed by atoms with Crippen molar-refractivity contribution in [2.45, 2.75) is 52.6 Å². The number of fused-ring (bicyclic) bond motifs is 3. The molecule has 2 heterocycles. The summed E-state index contributed by atoms with van der Waals surface area (Å²) in [5.41, 5.74) is 2.43. The molecule has 2 aromatic heterocycles. The average Bonchev–Trinajstić information content (AvgIpc) is 3.08. The molecular weight excluding hydrogens is 390 g/mol. The van der Waals surface area contributed by atoms with Crippen molar-refractivity contribution in [2.24, 2.45) is 0 Å². The van der Waals surface area contributed by atoms with Gasteiger partial charge in [0.15, 0.2) is 0 Å². The molecule has 0 unspecified atom stereocenters. The number of hydrogen-bond acceptors (Lipinski definition) is 4. The highest BCUT2D eigenvalue weighted by Gasteiger charge is 2.22. The number of benzene rings is 1. The molecule has 0 amide bonds. The van der Waals surface area contributed by atoms with Crippen LogP contribution < -0.4 is 5.56 Å². The van der Waals surface area contributed by atoms with Crippen LogP contribution in [0.5, 0.6) is 0 Å². The van der Waals surface area contributed by atoms with Gasteiger partial charge in [0, 0.05) is 9.90 Å². The lowest BCUT2D eigenvalue weighted by atomic mass is 9.97. The van der Waals surface area contributed by atoms with Crippen LogP contribution in [0.4, 0.5) is 0 Å². The zero-order valence-electron chi connectivity index (χ0n) is 16.5. The fraction of sp³-hybridized carbons (Fsp3) is 0.455. The molecule has 0 N–H and O–H groups in total. The standard InChI is InChI=1S/C22H26ClN3OS/c1-3-25(4-2)14-19-24-21-20(17-7-5-6-8-18(17)28-21)22(27)26(19)13-15-9-11-16(23)12-10-15/h9-12H,3-8,13-14H2,1-2H3. The molecule has 1 aromatic carbocycles.